The minimum absolute atomic E-state index is 0.0112. The molecule has 0 spiro atoms. The van der Waals surface area contributed by atoms with Crippen molar-refractivity contribution in [3.63, 3.8) is 0 Å². The number of amides is 1. The zero-order chi connectivity index (χ0) is 12.4. The molecule has 1 aromatic rings. The average Bonchev–Trinajstić information content (AvgIpc) is 3.07. The van der Waals surface area contributed by atoms with Crippen molar-refractivity contribution in [1.29, 1.82) is 0 Å². The van der Waals surface area contributed by atoms with Crippen LogP contribution in [-0.4, -0.2) is 35.1 Å². The number of nitrogens with zero attached hydrogens (tertiary/aromatic N) is 1. The molecule has 0 bridgehead atoms. The van der Waals surface area contributed by atoms with Crippen molar-refractivity contribution in [2.45, 2.75) is 18.9 Å². The van der Waals surface area contributed by atoms with Crippen LogP contribution in [0.3, 0.4) is 0 Å². The van der Waals surface area contributed by atoms with Crippen molar-refractivity contribution in [2.24, 2.45) is 0 Å². The maximum absolute atomic E-state index is 13.0. The van der Waals surface area contributed by atoms with Crippen LogP contribution in [0.1, 0.15) is 23.2 Å². The molecule has 0 aliphatic heterocycles. The van der Waals surface area contributed by atoms with Gasteiger partial charge in [-0.2, -0.15) is 0 Å². The number of aliphatic hydroxyl groups excluding tert-OH is 1. The second-order valence-electron chi connectivity index (χ2n) is 4.11. The number of hydrogen-bond acceptors (Lipinski definition) is 2. The normalized spacial score (nSPS) is 14.8. The molecule has 1 saturated carbocycles. The third-order valence-electron chi connectivity index (χ3n) is 2.70. The van der Waals surface area contributed by atoms with E-state index in [1.165, 1.54) is 4.90 Å². The summed E-state index contributed by atoms with van der Waals surface area (Å²) in [6, 6.07) is 2.85. The van der Waals surface area contributed by atoms with E-state index in [2.05, 4.69) is 0 Å². The van der Waals surface area contributed by atoms with Crippen LogP contribution in [0.25, 0.3) is 0 Å². The molecule has 3 nitrogen and oxygen atoms in total. The average molecular weight is 241 g/mol. The molecule has 0 saturated heterocycles. The number of carbonyl (C=O) groups is 1. The zero-order valence-corrected chi connectivity index (χ0v) is 9.20. The Morgan fingerprint density at radius 1 is 1.29 bits per heavy atom. The van der Waals surface area contributed by atoms with Gasteiger partial charge in [-0.3, -0.25) is 4.79 Å². The molecule has 0 heterocycles. The number of carbonyl (C=O) groups excluding carboxylic acids is 1. The molecule has 92 valence electrons. The minimum Gasteiger partial charge on any atom is -0.395 e. The van der Waals surface area contributed by atoms with Gasteiger partial charge in [-0.25, -0.2) is 8.78 Å². The van der Waals surface area contributed by atoms with Crippen LogP contribution in [0.15, 0.2) is 18.2 Å². The summed E-state index contributed by atoms with van der Waals surface area (Å²) in [5.74, 6) is -1.97. The third-order valence-corrected chi connectivity index (χ3v) is 2.70. The van der Waals surface area contributed by atoms with Crippen molar-refractivity contribution >= 4 is 5.91 Å². The number of benzene rings is 1. The second kappa shape index (κ2) is 4.79. The highest BCUT2D eigenvalue weighted by Gasteiger charge is 2.32. The third kappa shape index (κ3) is 2.79. The number of aliphatic hydroxyl groups is 1. The standard InChI is InChI=1S/C12H13F2NO2/c13-9-5-8(6-10(14)7-9)12(17)15(3-4-16)11-1-2-11/h5-7,11,16H,1-4H2. The lowest BCUT2D eigenvalue weighted by Crippen LogP contribution is -2.35. The smallest absolute Gasteiger partial charge is 0.254 e. The lowest BCUT2D eigenvalue weighted by Gasteiger charge is -2.21. The first-order chi connectivity index (χ1) is 8.11. The van der Waals surface area contributed by atoms with E-state index in [9.17, 15) is 13.6 Å². The Labute approximate surface area is 97.7 Å². The summed E-state index contributed by atoms with van der Waals surface area (Å²) in [6.45, 7) is 0.0433. The summed E-state index contributed by atoms with van der Waals surface area (Å²) in [7, 11) is 0. The summed E-state index contributed by atoms with van der Waals surface area (Å²) < 4.78 is 26.0. The van der Waals surface area contributed by atoms with Crippen molar-refractivity contribution in [3.8, 4) is 0 Å². The highest BCUT2D eigenvalue weighted by atomic mass is 19.1. The monoisotopic (exact) mass is 241 g/mol. The lowest BCUT2D eigenvalue weighted by molar-refractivity contribution is 0.0706. The Morgan fingerprint density at radius 3 is 2.35 bits per heavy atom. The molecular formula is C12H13F2NO2. The molecule has 0 aromatic heterocycles. The fourth-order valence-electron chi connectivity index (χ4n) is 1.79. The van der Waals surface area contributed by atoms with Crippen molar-refractivity contribution in [1.82, 2.24) is 4.90 Å². The van der Waals surface area contributed by atoms with E-state index in [4.69, 9.17) is 5.11 Å². The second-order valence-corrected chi connectivity index (χ2v) is 4.11. The molecule has 1 fully saturated rings. The van der Waals surface area contributed by atoms with Gasteiger partial charge in [0.05, 0.1) is 6.61 Å². The minimum atomic E-state index is -0.770. The molecule has 1 N–H and O–H groups in total. The Morgan fingerprint density at radius 2 is 1.88 bits per heavy atom. The molecule has 17 heavy (non-hydrogen) atoms. The Kier molecular flexibility index (Phi) is 3.38. The molecule has 1 aliphatic rings. The first-order valence-electron chi connectivity index (χ1n) is 5.49. The molecule has 1 amide bonds. The van der Waals surface area contributed by atoms with E-state index >= 15 is 0 Å². The molecule has 5 heteroatoms. The first-order valence-corrected chi connectivity index (χ1v) is 5.49. The number of halogens is 2. The van der Waals surface area contributed by atoms with Gasteiger partial charge in [-0.15, -0.1) is 0 Å². The van der Waals surface area contributed by atoms with Gasteiger partial charge < -0.3 is 10.0 Å². The molecular weight excluding hydrogens is 228 g/mol. The summed E-state index contributed by atoms with van der Waals surface area (Å²) in [4.78, 5) is 13.5. The molecule has 0 unspecified atom stereocenters. The molecule has 0 atom stereocenters. The van der Waals surface area contributed by atoms with Gasteiger partial charge in [-0.05, 0) is 25.0 Å². The maximum Gasteiger partial charge on any atom is 0.254 e. The summed E-state index contributed by atoms with van der Waals surface area (Å²) in [5.41, 5.74) is -0.0112. The fraction of sp³-hybridized carbons (Fsp3) is 0.417. The van der Waals surface area contributed by atoms with E-state index in [1.54, 1.807) is 0 Å². The summed E-state index contributed by atoms with van der Waals surface area (Å²) in [5, 5.41) is 8.88. The Balaban J connectivity index is 2.21. The van der Waals surface area contributed by atoms with Gasteiger partial charge in [-0.1, -0.05) is 0 Å². The number of rotatable bonds is 4. The van der Waals surface area contributed by atoms with Crippen LogP contribution < -0.4 is 0 Å². The predicted octanol–water partition coefficient (Wildman–Crippen LogP) is 1.56. The maximum atomic E-state index is 13.0. The van der Waals surface area contributed by atoms with E-state index in [-0.39, 0.29) is 24.8 Å². The molecule has 1 aromatic carbocycles. The first kappa shape index (κ1) is 12.0. The van der Waals surface area contributed by atoms with Crippen LogP contribution in [-0.2, 0) is 0 Å². The Hall–Kier alpha value is -1.49. The highest BCUT2D eigenvalue weighted by molar-refractivity contribution is 5.94. The van der Waals surface area contributed by atoms with Gasteiger partial charge in [0.15, 0.2) is 0 Å². The highest BCUT2D eigenvalue weighted by Crippen LogP contribution is 2.28. The van der Waals surface area contributed by atoms with Crippen LogP contribution in [0.5, 0.6) is 0 Å². The van der Waals surface area contributed by atoms with Crippen LogP contribution in [0.2, 0.25) is 0 Å². The van der Waals surface area contributed by atoms with E-state index in [0.717, 1.165) is 31.0 Å². The Bertz CT molecular complexity index is 412. The molecule has 2 rings (SSSR count). The van der Waals surface area contributed by atoms with Gasteiger partial charge in [0.1, 0.15) is 11.6 Å². The lowest BCUT2D eigenvalue weighted by atomic mass is 10.2. The largest absolute Gasteiger partial charge is 0.395 e. The van der Waals surface area contributed by atoms with Gasteiger partial charge in [0.2, 0.25) is 0 Å². The van der Waals surface area contributed by atoms with E-state index in [1.807, 2.05) is 0 Å². The molecule has 1 aliphatic carbocycles. The SMILES string of the molecule is O=C(c1cc(F)cc(F)c1)N(CCO)C1CC1. The van der Waals surface area contributed by atoms with Gasteiger partial charge in [0.25, 0.3) is 5.91 Å². The van der Waals surface area contributed by atoms with E-state index in [0.29, 0.717) is 0 Å². The van der Waals surface area contributed by atoms with E-state index < -0.39 is 17.5 Å². The quantitative estimate of drug-likeness (QED) is 0.869. The summed E-state index contributed by atoms with van der Waals surface area (Å²) >= 11 is 0. The number of hydrogen-bond donors (Lipinski definition) is 1. The predicted molar refractivity (Wildman–Crippen MR) is 57.5 cm³/mol. The molecule has 0 radical (unpaired) electrons. The fourth-order valence-corrected chi connectivity index (χ4v) is 1.79. The van der Waals surface area contributed by atoms with Crippen molar-refractivity contribution < 1.29 is 18.7 Å². The topological polar surface area (TPSA) is 40.5 Å². The van der Waals surface area contributed by atoms with Crippen molar-refractivity contribution in [2.75, 3.05) is 13.2 Å². The van der Waals surface area contributed by atoms with Crippen LogP contribution in [0.4, 0.5) is 8.78 Å². The van der Waals surface area contributed by atoms with Gasteiger partial charge in [0, 0.05) is 24.2 Å². The van der Waals surface area contributed by atoms with Gasteiger partial charge >= 0.3 is 0 Å². The van der Waals surface area contributed by atoms with Crippen LogP contribution in [0, 0.1) is 11.6 Å². The van der Waals surface area contributed by atoms with Crippen molar-refractivity contribution in [3.05, 3.63) is 35.4 Å². The van der Waals surface area contributed by atoms with Crippen LogP contribution >= 0.6 is 0 Å². The summed E-state index contributed by atoms with van der Waals surface area (Å²) in [6.07, 6.45) is 1.76. The zero-order valence-electron chi connectivity index (χ0n) is 9.20.